The third-order valence-corrected chi connectivity index (χ3v) is 6.41. The normalized spacial score (nSPS) is 48.4. The molecule has 0 amide bonds. The molecule has 2 aliphatic carbocycles. The summed E-state index contributed by atoms with van der Waals surface area (Å²) in [7, 11) is 1.40. The maximum atomic E-state index is 12.2. The molecular weight excluding hydrogens is 328 g/mol. The van der Waals surface area contributed by atoms with Crippen LogP contribution < -0.4 is 0 Å². The zero-order valence-corrected chi connectivity index (χ0v) is 12.6. The zero-order valence-electron chi connectivity index (χ0n) is 11.0. The van der Waals surface area contributed by atoms with Gasteiger partial charge in [0.05, 0.1) is 25.7 Å². The molecule has 0 radical (unpaired) electrons. The van der Waals surface area contributed by atoms with Gasteiger partial charge in [-0.05, 0) is 17.9 Å². The van der Waals surface area contributed by atoms with Crippen LogP contribution in [-0.4, -0.2) is 42.2 Å². The van der Waals surface area contributed by atoms with Gasteiger partial charge in [-0.1, -0.05) is 22.0 Å². The predicted octanol–water partition coefficient (Wildman–Crippen LogP) is 1.20. The SMILES string of the molecule is COC(=O)[C@H]1C=C2C3CC4OCC(C1)C2C4(Br)C(=O)O3. The van der Waals surface area contributed by atoms with E-state index in [0.29, 0.717) is 19.4 Å². The van der Waals surface area contributed by atoms with Crippen LogP contribution >= 0.6 is 15.9 Å². The van der Waals surface area contributed by atoms with Gasteiger partial charge in [-0.25, -0.2) is 0 Å². The third-order valence-electron chi connectivity index (χ3n) is 5.08. The lowest BCUT2D eigenvalue weighted by molar-refractivity contribution is -0.196. The van der Waals surface area contributed by atoms with Crippen molar-refractivity contribution in [1.82, 2.24) is 0 Å². The number of halogens is 1. The van der Waals surface area contributed by atoms with Gasteiger partial charge in [0.15, 0.2) is 4.32 Å². The molecule has 4 fully saturated rings. The number of fused-ring (bicyclic) bond motifs is 1. The first-order valence-corrected chi connectivity index (χ1v) is 7.66. The molecule has 0 spiro atoms. The first kappa shape index (κ1) is 12.8. The average molecular weight is 343 g/mol. The Kier molecular flexibility index (Phi) is 2.61. The summed E-state index contributed by atoms with van der Waals surface area (Å²) < 4.78 is 15.5. The van der Waals surface area contributed by atoms with Gasteiger partial charge in [0.2, 0.25) is 0 Å². The number of esters is 2. The van der Waals surface area contributed by atoms with E-state index in [1.165, 1.54) is 7.11 Å². The van der Waals surface area contributed by atoms with E-state index in [4.69, 9.17) is 14.2 Å². The van der Waals surface area contributed by atoms with Crippen LogP contribution in [0.15, 0.2) is 11.6 Å². The Balaban J connectivity index is 1.81. The van der Waals surface area contributed by atoms with Crippen LogP contribution in [0, 0.1) is 17.8 Å². The fourth-order valence-corrected chi connectivity index (χ4v) is 5.29. The van der Waals surface area contributed by atoms with E-state index >= 15 is 0 Å². The number of methoxy groups -OCH3 is 1. The lowest BCUT2D eigenvalue weighted by atomic mass is 9.59. The summed E-state index contributed by atoms with van der Waals surface area (Å²) in [5, 5.41) is 0. The summed E-state index contributed by atoms with van der Waals surface area (Å²) >= 11 is 3.61. The minimum atomic E-state index is -0.766. The summed E-state index contributed by atoms with van der Waals surface area (Å²) in [6.45, 7) is 0.591. The Bertz CT molecular complexity index is 530. The monoisotopic (exact) mass is 342 g/mol. The van der Waals surface area contributed by atoms with Crippen LogP contribution in [0.1, 0.15) is 12.8 Å². The van der Waals surface area contributed by atoms with Gasteiger partial charge in [-0.3, -0.25) is 9.59 Å². The number of rotatable bonds is 1. The molecule has 5 nitrogen and oxygen atoms in total. The molecule has 0 N–H and O–H groups in total. The van der Waals surface area contributed by atoms with Gasteiger partial charge < -0.3 is 14.2 Å². The highest BCUT2D eigenvalue weighted by Crippen LogP contribution is 2.59. The number of carbonyl (C=O) groups excluding carboxylic acids is 2. The van der Waals surface area contributed by atoms with E-state index in [0.717, 1.165) is 5.57 Å². The summed E-state index contributed by atoms with van der Waals surface area (Å²) in [5.74, 6) is -0.463. The second-order valence-electron chi connectivity index (χ2n) is 5.99. The van der Waals surface area contributed by atoms with Crippen LogP contribution in [0.3, 0.4) is 0 Å². The summed E-state index contributed by atoms with van der Waals surface area (Å²) in [4.78, 5) is 24.1. The van der Waals surface area contributed by atoms with Gasteiger partial charge in [0, 0.05) is 12.3 Å². The maximum absolute atomic E-state index is 12.2. The molecule has 20 heavy (non-hydrogen) atoms. The van der Waals surface area contributed by atoms with Crippen molar-refractivity contribution in [2.24, 2.45) is 17.8 Å². The van der Waals surface area contributed by atoms with Gasteiger partial charge >= 0.3 is 11.9 Å². The highest BCUT2D eigenvalue weighted by Gasteiger charge is 2.67. The first-order chi connectivity index (χ1) is 9.55. The van der Waals surface area contributed by atoms with Gasteiger partial charge in [0.1, 0.15) is 6.10 Å². The molecular formula is C14H15BrO5. The Labute approximate surface area is 124 Å². The minimum absolute atomic E-state index is 0.0853. The number of carbonyl (C=O) groups is 2. The number of hydrogen-bond donors (Lipinski definition) is 0. The number of ether oxygens (including phenoxy) is 3. The van der Waals surface area contributed by atoms with Crippen LogP contribution in [0.4, 0.5) is 0 Å². The van der Waals surface area contributed by atoms with Crippen molar-refractivity contribution >= 4 is 27.9 Å². The van der Waals surface area contributed by atoms with Gasteiger partial charge in [-0.2, -0.15) is 0 Å². The molecule has 0 aromatic rings. The summed E-state index contributed by atoms with van der Waals surface area (Å²) in [5.41, 5.74) is 1.08. The Morgan fingerprint density at radius 1 is 1.50 bits per heavy atom. The second kappa shape index (κ2) is 4.07. The molecule has 108 valence electrons. The number of alkyl halides is 1. The quantitative estimate of drug-likeness (QED) is 0.407. The van der Waals surface area contributed by atoms with Crippen LogP contribution in [0.25, 0.3) is 0 Å². The van der Waals surface area contributed by atoms with Gasteiger partial charge in [0.25, 0.3) is 0 Å². The van der Waals surface area contributed by atoms with Crippen LogP contribution in [0.5, 0.6) is 0 Å². The van der Waals surface area contributed by atoms with Crippen molar-refractivity contribution < 1.29 is 23.8 Å². The van der Waals surface area contributed by atoms with Crippen LogP contribution in [-0.2, 0) is 23.8 Å². The molecule has 1 saturated carbocycles. The van der Waals surface area contributed by atoms with E-state index in [1.807, 2.05) is 6.08 Å². The topological polar surface area (TPSA) is 61.8 Å². The predicted molar refractivity (Wildman–Crippen MR) is 71.1 cm³/mol. The fraction of sp³-hybridized carbons (Fsp3) is 0.714. The Morgan fingerprint density at radius 2 is 2.30 bits per heavy atom. The van der Waals surface area contributed by atoms with Crippen molar-refractivity contribution in [2.45, 2.75) is 29.4 Å². The number of hydrogen-bond acceptors (Lipinski definition) is 5. The molecule has 3 saturated heterocycles. The average Bonchev–Trinajstić information content (AvgIpc) is 2.45. The third kappa shape index (κ3) is 1.41. The fourth-order valence-electron chi connectivity index (χ4n) is 4.24. The highest BCUT2D eigenvalue weighted by molar-refractivity contribution is 9.10. The molecule has 0 aromatic heterocycles. The molecule has 3 aliphatic heterocycles. The van der Waals surface area contributed by atoms with E-state index in [-0.39, 0.29) is 41.9 Å². The summed E-state index contributed by atoms with van der Waals surface area (Å²) in [6.07, 6.45) is 2.93. The molecule has 5 aliphatic rings. The van der Waals surface area contributed by atoms with Gasteiger partial charge in [-0.15, -0.1) is 0 Å². The molecule has 6 atom stereocenters. The maximum Gasteiger partial charge on any atom is 0.326 e. The van der Waals surface area contributed by atoms with E-state index in [2.05, 4.69) is 15.9 Å². The molecule has 0 aromatic carbocycles. The Hall–Kier alpha value is -0.880. The van der Waals surface area contributed by atoms with Crippen LogP contribution in [0.2, 0.25) is 0 Å². The zero-order chi connectivity index (χ0) is 14.1. The van der Waals surface area contributed by atoms with Crippen molar-refractivity contribution in [3.05, 3.63) is 11.6 Å². The molecule has 3 heterocycles. The smallest absolute Gasteiger partial charge is 0.326 e. The highest BCUT2D eigenvalue weighted by atomic mass is 79.9. The molecule has 4 bridgehead atoms. The molecule has 6 heteroatoms. The first-order valence-electron chi connectivity index (χ1n) is 6.86. The molecule has 5 unspecified atom stereocenters. The Morgan fingerprint density at radius 3 is 3.05 bits per heavy atom. The molecule has 5 rings (SSSR count). The lowest BCUT2D eigenvalue weighted by Gasteiger charge is -2.59. The van der Waals surface area contributed by atoms with Crippen molar-refractivity contribution in [3.63, 3.8) is 0 Å². The van der Waals surface area contributed by atoms with E-state index < -0.39 is 4.32 Å². The minimum Gasteiger partial charge on any atom is -0.469 e. The summed E-state index contributed by atoms with van der Waals surface area (Å²) in [6, 6.07) is 0. The standard InChI is InChI=1S/C14H15BrO5/c1-18-12(16)6-2-7-5-19-10-4-9-8(3-6)11(7)14(10,15)13(17)20-9/h3,6-7,9-11H,2,4-5H2,1H3/t6-,7?,9?,10?,11?,14?/m1/s1. The largest absolute Gasteiger partial charge is 0.469 e. The van der Waals surface area contributed by atoms with E-state index in [1.54, 1.807) is 0 Å². The van der Waals surface area contributed by atoms with Crippen molar-refractivity contribution in [2.75, 3.05) is 13.7 Å². The second-order valence-corrected chi connectivity index (χ2v) is 7.30. The van der Waals surface area contributed by atoms with E-state index in [9.17, 15) is 9.59 Å². The van der Waals surface area contributed by atoms with Crippen molar-refractivity contribution in [1.29, 1.82) is 0 Å². The van der Waals surface area contributed by atoms with Crippen molar-refractivity contribution in [3.8, 4) is 0 Å². The lowest BCUT2D eigenvalue weighted by Crippen LogP contribution is -2.69.